The lowest BCUT2D eigenvalue weighted by atomic mass is 10.1. The van der Waals surface area contributed by atoms with E-state index < -0.39 is 11.4 Å². The van der Waals surface area contributed by atoms with Crippen LogP contribution in [0.15, 0.2) is 41.5 Å². The van der Waals surface area contributed by atoms with Crippen molar-refractivity contribution in [3.05, 3.63) is 58.0 Å². The molecule has 0 saturated carbocycles. The molecule has 1 saturated heterocycles. The number of amides is 1. The molecule has 11 heteroatoms. The number of Topliss-reactive ketones (excluding diaryl/α,β-unsaturated/α-hetero) is 1. The van der Waals surface area contributed by atoms with E-state index >= 15 is 0 Å². The van der Waals surface area contributed by atoms with Gasteiger partial charge in [0.25, 0.3) is 0 Å². The van der Waals surface area contributed by atoms with Gasteiger partial charge in [-0.3, -0.25) is 19.3 Å². The summed E-state index contributed by atoms with van der Waals surface area (Å²) in [5.74, 6) is -0.899. The number of piperazine rings is 1. The Bertz CT molecular complexity index is 1360. The number of aryl methyl sites for hydroxylation is 1. The van der Waals surface area contributed by atoms with Crippen LogP contribution in [0.4, 0.5) is 11.6 Å². The minimum absolute atomic E-state index is 0.0444. The molecule has 2 N–H and O–H groups in total. The Morgan fingerprint density at radius 3 is 2.39 bits per heavy atom. The van der Waals surface area contributed by atoms with E-state index in [4.69, 9.17) is 0 Å². The number of aromatic carboxylic acids is 1. The van der Waals surface area contributed by atoms with Gasteiger partial charge in [-0.15, -0.1) is 0 Å². The minimum atomic E-state index is -1.27. The molecule has 1 aliphatic heterocycles. The number of carboxylic acid groups (broad SMARTS) is 1. The summed E-state index contributed by atoms with van der Waals surface area (Å²) in [6.07, 6.45) is 3.12. The number of ketones is 1. The first-order chi connectivity index (χ1) is 17.3. The Morgan fingerprint density at radius 2 is 1.78 bits per heavy atom. The summed E-state index contributed by atoms with van der Waals surface area (Å²) in [7, 11) is 0. The Hall–Kier alpha value is -4.12. The molecular formula is C25H28N6O5. The van der Waals surface area contributed by atoms with Crippen molar-refractivity contribution in [2.75, 3.05) is 42.9 Å². The van der Waals surface area contributed by atoms with Crippen LogP contribution in [0.2, 0.25) is 0 Å². The zero-order chi connectivity index (χ0) is 25.8. The molecule has 0 bridgehead atoms. The molecule has 2 aromatic heterocycles. The van der Waals surface area contributed by atoms with Gasteiger partial charge in [-0.1, -0.05) is 0 Å². The van der Waals surface area contributed by atoms with E-state index in [1.54, 1.807) is 28.8 Å². The van der Waals surface area contributed by atoms with Crippen molar-refractivity contribution in [1.82, 2.24) is 19.4 Å². The first-order valence-corrected chi connectivity index (χ1v) is 11.8. The number of pyridine rings is 1. The van der Waals surface area contributed by atoms with Crippen LogP contribution in [0.5, 0.6) is 0 Å². The Morgan fingerprint density at radius 1 is 1.08 bits per heavy atom. The number of nitrogens with zero attached hydrogens (tertiary/aromatic N) is 5. The van der Waals surface area contributed by atoms with Crippen molar-refractivity contribution in [1.29, 1.82) is 0 Å². The zero-order valence-electron chi connectivity index (χ0n) is 20.2. The van der Waals surface area contributed by atoms with Gasteiger partial charge >= 0.3 is 5.97 Å². The van der Waals surface area contributed by atoms with Gasteiger partial charge in [0.15, 0.2) is 5.78 Å². The van der Waals surface area contributed by atoms with Gasteiger partial charge in [-0.2, -0.15) is 4.98 Å². The minimum Gasteiger partial charge on any atom is -0.477 e. The summed E-state index contributed by atoms with van der Waals surface area (Å²) in [5, 5.41) is 12.2. The van der Waals surface area contributed by atoms with Crippen molar-refractivity contribution in [2.24, 2.45) is 0 Å². The molecule has 4 rings (SSSR count). The highest BCUT2D eigenvalue weighted by Gasteiger charge is 2.22. The molecular weight excluding hydrogens is 464 g/mol. The fourth-order valence-corrected chi connectivity index (χ4v) is 4.23. The molecule has 1 aliphatic rings. The number of hydrogen-bond donors (Lipinski definition) is 2. The largest absolute Gasteiger partial charge is 0.477 e. The van der Waals surface area contributed by atoms with Crippen LogP contribution >= 0.6 is 0 Å². The number of nitrogens with one attached hydrogen (secondary N) is 1. The molecule has 1 amide bonds. The van der Waals surface area contributed by atoms with Gasteiger partial charge in [-0.05, 0) is 31.2 Å². The van der Waals surface area contributed by atoms with E-state index in [1.165, 1.54) is 19.3 Å². The van der Waals surface area contributed by atoms with Crippen LogP contribution < -0.4 is 15.6 Å². The predicted octanol–water partition coefficient (Wildman–Crippen LogP) is 1.86. The molecule has 0 radical (unpaired) electrons. The second kappa shape index (κ2) is 10.6. The van der Waals surface area contributed by atoms with Gasteiger partial charge in [0.05, 0.1) is 5.39 Å². The Labute approximate surface area is 207 Å². The number of rotatable bonds is 8. The highest BCUT2D eigenvalue weighted by Crippen LogP contribution is 2.17. The standard InChI is InChI=1S/C25H28N6O5/c1-3-30-15-20(24(35)36)22(34)19-14-26-25(28-23(19)30)31-12-10-29(11-13-31)9-8-21(33)17-4-6-18(7-5-17)27-16(2)32/h4-7,14-15H,3,8-13H2,1-2H3,(H,27,32)(H,35,36). The van der Waals surface area contributed by atoms with E-state index in [-0.39, 0.29) is 22.6 Å². The molecule has 0 atom stereocenters. The molecule has 3 aromatic rings. The van der Waals surface area contributed by atoms with Crippen LogP contribution in [-0.2, 0) is 11.3 Å². The lowest BCUT2D eigenvalue weighted by Crippen LogP contribution is -2.47. The van der Waals surface area contributed by atoms with Crippen molar-refractivity contribution in [3.63, 3.8) is 0 Å². The topological polar surface area (TPSA) is 138 Å². The van der Waals surface area contributed by atoms with Crippen molar-refractivity contribution in [2.45, 2.75) is 26.8 Å². The smallest absolute Gasteiger partial charge is 0.341 e. The van der Waals surface area contributed by atoms with E-state index in [2.05, 4.69) is 20.2 Å². The first-order valence-electron chi connectivity index (χ1n) is 11.8. The number of hydrogen-bond acceptors (Lipinski definition) is 8. The van der Waals surface area contributed by atoms with Gasteiger partial charge in [0.1, 0.15) is 11.2 Å². The average Bonchev–Trinajstić information content (AvgIpc) is 2.87. The number of carbonyl (C=O) groups excluding carboxylic acids is 2. The molecule has 11 nitrogen and oxygen atoms in total. The van der Waals surface area contributed by atoms with E-state index in [1.807, 2.05) is 11.8 Å². The molecule has 1 fully saturated rings. The fourth-order valence-electron chi connectivity index (χ4n) is 4.23. The number of aromatic nitrogens is 3. The van der Waals surface area contributed by atoms with E-state index in [0.29, 0.717) is 55.4 Å². The second-order valence-electron chi connectivity index (χ2n) is 8.63. The number of benzene rings is 1. The third-order valence-electron chi connectivity index (χ3n) is 6.21. The molecule has 0 unspecified atom stereocenters. The van der Waals surface area contributed by atoms with E-state index in [9.17, 15) is 24.3 Å². The summed E-state index contributed by atoms with van der Waals surface area (Å²) in [5.41, 5.74) is 0.792. The number of fused-ring (bicyclic) bond motifs is 1. The van der Waals surface area contributed by atoms with Crippen LogP contribution in [0.1, 0.15) is 41.0 Å². The molecule has 0 spiro atoms. The lowest BCUT2D eigenvalue weighted by molar-refractivity contribution is -0.114. The van der Waals surface area contributed by atoms with Crippen molar-refractivity contribution < 1.29 is 19.5 Å². The van der Waals surface area contributed by atoms with Crippen LogP contribution in [-0.4, -0.2) is 74.9 Å². The maximum Gasteiger partial charge on any atom is 0.341 e. The average molecular weight is 493 g/mol. The molecule has 36 heavy (non-hydrogen) atoms. The summed E-state index contributed by atoms with van der Waals surface area (Å²) in [6.45, 7) is 7.17. The van der Waals surface area contributed by atoms with Crippen molar-refractivity contribution >= 4 is 40.3 Å². The molecule has 1 aromatic carbocycles. The Kier molecular flexibility index (Phi) is 7.39. The van der Waals surface area contributed by atoms with E-state index in [0.717, 1.165) is 13.1 Å². The quantitative estimate of drug-likeness (QED) is 0.451. The van der Waals surface area contributed by atoms with Gasteiger partial charge in [-0.25, -0.2) is 9.78 Å². The van der Waals surface area contributed by atoms with Crippen LogP contribution in [0.3, 0.4) is 0 Å². The first kappa shape index (κ1) is 25.0. The zero-order valence-corrected chi connectivity index (χ0v) is 20.2. The maximum absolute atomic E-state index is 12.6. The highest BCUT2D eigenvalue weighted by molar-refractivity contribution is 5.97. The summed E-state index contributed by atoms with van der Waals surface area (Å²) < 4.78 is 1.65. The number of carboxylic acids is 1. The van der Waals surface area contributed by atoms with Gasteiger partial charge in [0.2, 0.25) is 17.3 Å². The lowest BCUT2D eigenvalue weighted by Gasteiger charge is -2.34. The Balaban J connectivity index is 1.37. The van der Waals surface area contributed by atoms with Crippen molar-refractivity contribution in [3.8, 4) is 0 Å². The maximum atomic E-state index is 12.6. The number of carbonyl (C=O) groups is 3. The molecule has 188 valence electrons. The SMILES string of the molecule is CCn1cc(C(=O)O)c(=O)c2cnc(N3CCN(CCC(=O)c4ccc(NC(C)=O)cc4)CC3)nc21. The highest BCUT2D eigenvalue weighted by atomic mass is 16.4. The van der Waals surface area contributed by atoms with Crippen LogP contribution in [0, 0.1) is 0 Å². The van der Waals surface area contributed by atoms with Gasteiger partial charge in [0, 0.05) is 76.3 Å². The fraction of sp³-hybridized carbons (Fsp3) is 0.360. The molecule has 3 heterocycles. The number of anilines is 2. The molecule has 0 aliphatic carbocycles. The third kappa shape index (κ3) is 5.41. The second-order valence-corrected chi connectivity index (χ2v) is 8.63. The third-order valence-corrected chi connectivity index (χ3v) is 6.21. The monoisotopic (exact) mass is 492 g/mol. The van der Waals surface area contributed by atoms with Gasteiger partial charge < -0.3 is 19.9 Å². The normalized spacial score (nSPS) is 14.1. The predicted molar refractivity (Wildman–Crippen MR) is 135 cm³/mol. The summed E-state index contributed by atoms with van der Waals surface area (Å²) >= 11 is 0. The van der Waals surface area contributed by atoms with Crippen LogP contribution in [0.25, 0.3) is 11.0 Å². The summed E-state index contributed by atoms with van der Waals surface area (Å²) in [4.78, 5) is 60.8. The summed E-state index contributed by atoms with van der Waals surface area (Å²) in [6, 6.07) is 6.88.